The number of benzene rings is 2. The van der Waals surface area contributed by atoms with Crippen LogP contribution in [0.3, 0.4) is 0 Å². The SMILES string of the molecule is CCS(=O)(=O)c1ccc([C@H](CO)NC(=O)c2cnc(N3CC(c4ccc(C(F)(F)F)cc4)CC[C@H]3COC(F)(F)C(F)(F)F)nc2)cc1. The molecule has 1 saturated heterocycles. The topological polar surface area (TPSA) is 122 Å². The molecule has 1 aliphatic rings. The van der Waals surface area contributed by atoms with Gasteiger partial charge < -0.3 is 20.1 Å². The highest BCUT2D eigenvalue weighted by molar-refractivity contribution is 7.91. The lowest BCUT2D eigenvalue weighted by Crippen LogP contribution is -2.49. The summed E-state index contributed by atoms with van der Waals surface area (Å²) in [5, 5.41) is 12.4. The first-order valence-electron chi connectivity index (χ1n) is 14.4. The molecule has 3 atom stereocenters. The number of carbonyl (C=O) groups is 1. The van der Waals surface area contributed by atoms with Gasteiger partial charge in [0.25, 0.3) is 5.91 Å². The molecular formula is C30H30F8N4O5S. The average Bonchev–Trinajstić information content (AvgIpc) is 3.05. The third-order valence-corrected chi connectivity index (χ3v) is 9.62. The number of rotatable bonds is 11. The Kier molecular flexibility index (Phi) is 11.0. The van der Waals surface area contributed by atoms with Gasteiger partial charge in [0.05, 0.1) is 47.1 Å². The summed E-state index contributed by atoms with van der Waals surface area (Å²) in [6.45, 7) is -0.252. The predicted octanol–water partition coefficient (Wildman–Crippen LogP) is 5.68. The number of carbonyl (C=O) groups excluding carboxylic acids is 1. The molecule has 0 bridgehead atoms. The molecule has 18 heteroatoms. The minimum absolute atomic E-state index is 0.0122. The number of aliphatic hydroxyl groups is 1. The van der Waals surface area contributed by atoms with Gasteiger partial charge in [0.1, 0.15) is 0 Å². The lowest BCUT2D eigenvalue weighted by molar-refractivity contribution is -0.391. The van der Waals surface area contributed by atoms with Gasteiger partial charge in [-0.3, -0.25) is 4.79 Å². The van der Waals surface area contributed by atoms with Gasteiger partial charge in [0, 0.05) is 24.9 Å². The van der Waals surface area contributed by atoms with Gasteiger partial charge >= 0.3 is 18.5 Å². The van der Waals surface area contributed by atoms with Crippen molar-refractivity contribution < 1.29 is 58.2 Å². The highest BCUT2D eigenvalue weighted by Crippen LogP contribution is 2.39. The van der Waals surface area contributed by atoms with Gasteiger partial charge in [-0.05, 0) is 48.2 Å². The van der Waals surface area contributed by atoms with Crippen molar-refractivity contribution in [1.82, 2.24) is 15.3 Å². The lowest BCUT2D eigenvalue weighted by Gasteiger charge is -2.40. The van der Waals surface area contributed by atoms with Crippen molar-refractivity contribution in [2.45, 2.75) is 61.1 Å². The first kappa shape index (κ1) is 36.9. The summed E-state index contributed by atoms with van der Waals surface area (Å²) in [5.74, 6) is -1.53. The number of aromatic nitrogens is 2. The Morgan fingerprint density at radius 2 is 1.58 bits per heavy atom. The van der Waals surface area contributed by atoms with Crippen LogP contribution in [-0.2, 0) is 20.8 Å². The second kappa shape index (κ2) is 14.3. The Labute approximate surface area is 269 Å². The van der Waals surface area contributed by atoms with E-state index >= 15 is 0 Å². The van der Waals surface area contributed by atoms with Gasteiger partial charge in [0.15, 0.2) is 9.84 Å². The molecule has 4 rings (SSSR count). The minimum Gasteiger partial charge on any atom is -0.394 e. The third-order valence-electron chi connectivity index (χ3n) is 7.87. The Balaban J connectivity index is 1.53. The number of sulfone groups is 1. The fourth-order valence-corrected chi connectivity index (χ4v) is 5.97. The molecular weight excluding hydrogens is 680 g/mol. The zero-order chi connectivity index (χ0) is 35.5. The van der Waals surface area contributed by atoms with Gasteiger partial charge in [0.2, 0.25) is 5.95 Å². The molecule has 2 N–H and O–H groups in total. The van der Waals surface area contributed by atoms with Crippen LogP contribution >= 0.6 is 0 Å². The molecule has 9 nitrogen and oxygen atoms in total. The molecule has 262 valence electrons. The maximum absolute atomic E-state index is 13.6. The molecule has 1 unspecified atom stereocenters. The third kappa shape index (κ3) is 8.57. The highest BCUT2D eigenvalue weighted by Gasteiger charge is 2.59. The van der Waals surface area contributed by atoms with Gasteiger partial charge in [-0.1, -0.05) is 31.2 Å². The van der Waals surface area contributed by atoms with Crippen LogP contribution < -0.4 is 10.2 Å². The smallest absolute Gasteiger partial charge is 0.394 e. The number of piperidine rings is 1. The summed E-state index contributed by atoms with van der Waals surface area (Å²) >= 11 is 0. The van der Waals surface area contributed by atoms with Crippen LogP contribution in [-0.4, -0.2) is 73.2 Å². The van der Waals surface area contributed by atoms with E-state index < -0.39 is 71.0 Å². The Morgan fingerprint density at radius 1 is 0.979 bits per heavy atom. The zero-order valence-electron chi connectivity index (χ0n) is 25.1. The van der Waals surface area contributed by atoms with Crippen molar-refractivity contribution in [1.29, 1.82) is 0 Å². The highest BCUT2D eigenvalue weighted by atomic mass is 32.2. The number of alkyl halides is 8. The van der Waals surface area contributed by atoms with Gasteiger partial charge in [-0.2, -0.15) is 35.1 Å². The summed E-state index contributed by atoms with van der Waals surface area (Å²) < 4.78 is 133. The van der Waals surface area contributed by atoms with E-state index in [2.05, 4.69) is 20.0 Å². The first-order chi connectivity index (χ1) is 22.4. The summed E-state index contributed by atoms with van der Waals surface area (Å²) in [6, 6.07) is 7.73. The van der Waals surface area contributed by atoms with Crippen molar-refractivity contribution in [3.05, 3.63) is 83.2 Å². The largest absolute Gasteiger partial charge is 0.482 e. The van der Waals surface area contributed by atoms with E-state index in [4.69, 9.17) is 0 Å². The van der Waals surface area contributed by atoms with Crippen LogP contribution in [0.5, 0.6) is 0 Å². The summed E-state index contributed by atoms with van der Waals surface area (Å²) in [5.41, 5.74) is -0.157. The number of hydrogen-bond acceptors (Lipinski definition) is 8. The van der Waals surface area contributed by atoms with E-state index in [1.165, 1.54) is 48.2 Å². The number of hydrogen-bond donors (Lipinski definition) is 2. The van der Waals surface area contributed by atoms with Crippen LogP contribution in [0.2, 0.25) is 0 Å². The van der Waals surface area contributed by atoms with Crippen LogP contribution in [0, 0.1) is 0 Å². The molecule has 1 amide bonds. The number of amides is 1. The van der Waals surface area contributed by atoms with E-state index in [9.17, 15) is 53.4 Å². The van der Waals surface area contributed by atoms with E-state index in [1.807, 2.05) is 0 Å². The van der Waals surface area contributed by atoms with Crippen molar-refractivity contribution >= 4 is 21.7 Å². The summed E-state index contributed by atoms with van der Waals surface area (Å²) in [6.07, 6.45) is -13.7. The van der Waals surface area contributed by atoms with E-state index in [1.54, 1.807) is 0 Å². The summed E-state index contributed by atoms with van der Waals surface area (Å²) in [4.78, 5) is 22.5. The molecule has 0 radical (unpaired) electrons. The Morgan fingerprint density at radius 3 is 2.10 bits per heavy atom. The molecule has 1 aliphatic heterocycles. The van der Waals surface area contributed by atoms with Crippen LogP contribution in [0.15, 0.2) is 65.8 Å². The van der Waals surface area contributed by atoms with Crippen LogP contribution in [0.1, 0.15) is 58.8 Å². The molecule has 2 heterocycles. The lowest BCUT2D eigenvalue weighted by atomic mass is 9.87. The van der Waals surface area contributed by atoms with Crippen LogP contribution in [0.25, 0.3) is 0 Å². The minimum atomic E-state index is -5.97. The van der Waals surface area contributed by atoms with E-state index in [0.29, 0.717) is 11.1 Å². The fraction of sp³-hybridized carbons (Fsp3) is 0.433. The van der Waals surface area contributed by atoms with Crippen molar-refractivity contribution in [3.8, 4) is 0 Å². The Bertz CT molecular complexity index is 1650. The Hall–Kier alpha value is -3.90. The van der Waals surface area contributed by atoms with E-state index in [-0.39, 0.29) is 41.5 Å². The van der Waals surface area contributed by atoms with Gasteiger partial charge in [-0.25, -0.2) is 18.4 Å². The maximum atomic E-state index is 13.6. The zero-order valence-corrected chi connectivity index (χ0v) is 25.9. The van der Waals surface area contributed by atoms with Crippen molar-refractivity contribution in [3.63, 3.8) is 0 Å². The molecule has 1 aromatic heterocycles. The quantitative estimate of drug-likeness (QED) is 0.244. The number of anilines is 1. The number of nitrogens with zero attached hydrogens (tertiary/aromatic N) is 3. The maximum Gasteiger partial charge on any atom is 0.482 e. The number of ether oxygens (including phenoxy) is 1. The second-order valence-electron chi connectivity index (χ2n) is 11.0. The van der Waals surface area contributed by atoms with Crippen molar-refractivity contribution in [2.75, 3.05) is 30.4 Å². The molecule has 0 aliphatic carbocycles. The summed E-state index contributed by atoms with van der Waals surface area (Å²) in [7, 11) is -3.48. The van der Waals surface area contributed by atoms with Crippen molar-refractivity contribution in [2.24, 2.45) is 0 Å². The van der Waals surface area contributed by atoms with E-state index in [0.717, 1.165) is 24.5 Å². The standard InChI is InChI=1S/C30H30F8N4O5S/c1-2-48(45,46)24-11-6-19(7-12-24)25(16-43)41-26(44)21-13-39-27(40-14-21)42-15-20(18-3-8-22(9-4-18)28(31,32)33)5-10-23(42)17-47-30(37,38)29(34,35)36/h3-4,6-9,11-14,20,23,25,43H,2,5,10,15-17H2,1H3,(H,41,44)/t20?,23-,25-/m0/s1. The van der Waals surface area contributed by atoms with Gasteiger partial charge in [-0.15, -0.1) is 0 Å². The fourth-order valence-electron chi connectivity index (χ4n) is 5.08. The first-order valence-corrected chi connectivity index (χ1v) is 16.1. The average molecular weight is 711 g/mol. The number of nitrogens with one attached hydrogen (secondary N) is 1. The normalized spacial score (nSPS) is 18.4. The molecule has 2 aromatic carbocycles. The molecule has 1 fully saturated rings. The molecule has 48 heavy (non-hydrogen) atoms. The molecule has 3 aromatic rings. The van der Waals surface area contributed by atoms with Crippen LogP contribution in [0.4, 0.5) is 41.1 Å². The predicted molar refractivity (Wildman–Crippen MR) is 155 cm³/mol. The molecule has 0 saturated carbocycles. The molecule has 0 spiro atoms. The second-order valence-corrected chi connectivity index (χ2v) is 13.3. The number of aliphatic hydroxyl groups excluding tert-OH is 1. The number of halogens is 8. The monoisotopic (exact) mass is 710 g/mol.